The summed E-state index contributed by atoms with van der Waals surface area (Å²) in [6.07, 6.45) is 0.578. The lowest BCUT2D eigenvalue weighted by Gasteiger charge is -2.23. The van der Waals surface area contributed by atoms with Crippen molar-refractivity contribution in [1.82, 2.24) is 4.90 Å². The van der Waals surface area contributed by atoms with Gasteiger partial charge < -0.3 is 14.7 Å². The zero-order valence-corrected chi connectivity index (χ0v) is 15.8. The van der Waals surface area contributed by atoms with E-state index in [0.29, 0.717) is 31.1 Å². The molecule has 7 nitrogen and oxygen atoms in total. The highest BCUT2D eigenvalue weighted by Crippen LogP contribution is 2.26. The molecule has 0 spiro atoms. The third kappa shape index (κ3) is 5.06. The van der Waals surface area contributed by atoms with Gasteiger partial charge in [-0.2, -0.15) is 0 Å². The molecule has 0 saturated carbocycles. The molecule has 1 N–H and O–H groups in total. The van der Waals surface area contributed by atoms with Crippen LogP contribution in [0.25, 0.3) is 0 Å². The van der Waals surface area contributed by atoms with Crippen LogP contribution in [0.3, 0.4) is 0 Å². The van der Waals surface area contributed by atoms with E-state index in [4.69, 9.17) is 4.74 Å². The second kappa shape index (κ2) is 8.98. The van der Waals surface area contributed by atoms with Crippen molar-refractivity contribution >= 4 is 34.5 Å². The van der Waals surface area contributed by atoms with Crippen molar-refractivity contribution in [2.75, 3.05) is 13.7 Å². The monoisotopic (exact) mass is 397 g/mol. The number of ether oxygens (including phenoxy) is 1. The highest BCUT2D eigenvalue weighted by atomic mass is 32.2. The van der Waals surface area contributed by atoms with Crippen LogP contribution in [0.5, 0.6) is 5.75 Å². The number of halogens is 1. The Kier molecular flexibility index (Phi) is 6.95. The van der Waals surface area contributed by atoms with Crippen LogP contribution in [0.2, 0.25) is 0 Å². The molecule has 0 bridgehead atoms. The number of ketones is 1. The molecule has 9 heteroatoms. The first-order chi connectivity index (χ1) is 12.7. The van der Waals surface area contributed by atoms with Crippen LogP contribution >= 0.6 is 11.8 Å². The first kappa shape index (κ1) is 20.9. The molecule has 2 atom stereocenters. The molecule has 27 heavy (non-hydrogen) atoms. The van der Waals surface area contributed by atoms with Crippen molar-refractivity contribution in [1.29, 1.82) is 0 Å². The van der Waals surface area contributed by atoms with Crippen molar-refractivity contribution in [2.45, 2.75) is 37.5 Å². The quantitative estimate of drug-likeness (QED) is 0.704. The maximum Gasteiger partial charge on any atom is 0.326 e. The molecule has 0 aliphatic carbocycles. The van der Waals surface area contributed by atoms with Gasteiger partial charge >= 0.3 is 5.97 Å². The number of hydrogen-bond acceptors (Lipinski definition) is 6. The molecule has 1 amide bonds. The van der Waals surface area contributed by atoms with E-state index in [2.05, 4.69) is 0 Å². The Hall–Kier alpha value is -2.42. The summed E-state index contributed by atoms with van der Waals surface area (Å²) in [5.74, 6) is -2.94. The molecular formula is C18H20FNO6S. The van der Waals surface area contributed by atoms with Crippen molar-refractivity contribution in [2.24, 2.45) is 0 Å². The number of likely N-dealkylation sites (tertiary alicyclic amines) is 1. The number of rotatable bonds is 7. The molecule has 146 valence electrons. The van der Waals surface area contributed by atoms with E-state index in [1.807, 2.05) is 0 Å². The summed E-state index contributed by atoms with van der Waals surface area (Å²) in [7, 11) is 1.29. The van der Waals surface area contributed by atoms with Gasteiger partial charge in [0.25, 0.3) is 0 Å². The maximum atomic E-state index is 13.9. The molecule has 1 fully saturated rings. The minimum Gasteiger partial charge on any atom is -0.494 e. The number of carboxylic acids is 1. The van der Waals surface area contributed by atoms with E-state index in [1.54, 1.807) is 0 Å². The van der Waals surface area contributed by atoms with E-state index in [-0.39, 0.29) is 22.8 Å². The highest BCUT2D eigenvalue weighted by molar-refractivity contribution is 8.14. The summed E-state index contributed by atoms with van der Waals surface area (Å²) in [5, 5.41) is 7.78. The topological polar surface area (TPSA) is 101 Å². The van der Waals surface area contributed by atoms with Crippen molar-refractivity contribution in [3.63, 3.8) is 0 Å². The summed E-state index contributed by atoms with van der Waals surface area (Å²) in [5.41, 5.74) is 0.0102. The number of hydrogen-bond donors (Lipinski definition) is 1. The predicted molar refractivity (Wildman–Crippen MR) is 96.3 cm³/mol. The molecule has 1 heterocycles. The molecule has 1 saturated heterocycles. The summed E-state index contributed by atoms with van der Waals surface area (Å²) < 4.78 is 18.7. The van der Waals surface area contributed by atoms with Gasteiger partial charge in [-0.1, -0.05) is 11.8 Å². The molecule has 1 aromatic carbocycles. The molecule has 0 radical (unpaired) electrons. The van der Waals surface area contributed by atoms with Gasteiger partial charge in [0.15, 0.2) is 22.5 Å². The minimum absolute atomic E-state index is 0.0102. The van der Waals surface area contributed by atoms with Crippen LogP contribution in [-0.4, -0.2) is 57.7 Å². The largest absolute Gasteiger partial charge is 0.494 e. The first-order valence-electron chi connectivity index (χ1n) is 8.31. The van der Waals surface area contributed by atoms with Crippen molar-refractivity contribution < 1.29 is 33.4 Å². The molecule has 2 unspecified atom stereocenters. The van der Waals surface area contributed by atoms with E-state index < -0.39 is 34.8 Å². The number of thioether (sulfide) groups is 1. The van der Waals surface area contributed by atoms with E-state index in [0.717, 1.165) is 6.07 Å². The Bertz CT molecular complexity index is 768. The van der Waals surface area contributed by atoms with Gasteiger partial charge in [-0.15, -0.1) is 0 Å². The zero-order chi connectivity index (χ0) is 20.1. The standard InChI is InChI=1S/C18H20FNO6S/c1-10(21)27-15(9-16(22)20-7-3-4-13(20)18(24)25)17(23)11-5-6-14(26-2)12(19)8-11/h5-6,8,13,15H,3-4,7,9H2,1-2H3,(H,24,25). The number of carbonyl (C=O) groups is 4. The van der Waals surface area contributed by atoms with E-state index in [1.165, 1.54) is 31.1 Å². The molecular weight excluding hydrogens is 377 g/mol. The number of benzene rings is 1. The fourth-order valence-corrected chi connectivity index (χ4v) is 3.86. The summed E-state index contributed by atoms with van der Waals surface area (Å²) in [6, 6.07) is 2.72. The number of carbonyl (C=O) groups excluding carboxylic acids is 3. The number of nitrogens with zero attached hydrogens (tertiary/aromatic N) is 1. The Balaban J connectivity index is 2.20. The maximum absolute atomic E-state index is 13.9. The lowest BCUT2D eigenvalue weighted by atomic mass is 10.0. The Morgan fingerprint density at radius 3 is 2.63 bits per heavy atom. The van der Waals surface area contributed by atoms with Gasteiger partial charge in [-0.25, -0.2) is 9.18 Å². The fraction of sp³-hybridized carbons (Fsp3) is 0.444. The molecule has 1 aliphatic heterocycles. The number of carboxylic acid groups (broad SMARTS) is 1. The summed E-state index contributed by atoms with van der Waals surface area (Å²) in [6.45, 7) is 1.55. The molecule has 0 aromatic heterocycles. The number of aliphatic carboxylic acids is 1. The van der Waals surface area contributed by atoms with Crippen LogP contribution in [0.1, 0.15) is 36.5 Å². The fourth-order valence-electron chi connectivity index (χ4n) is 2.99. The van der Waals surface area contributed by atoms with Crippen LogP contribution in [0, 0.1) is 5.82 Å². The van der Waals surface area contributed by atoms with E-state index >= 15 is 0 Å². The van der Waals surface area contributed by atoms with Gasteiger partial charge in [-0.3, -0.25) is 14.4 Å². The first-order valence-corrected chi connectivity index (χ1v) is 9.19. The Morgan fingerprint density at radius 1 is 1.37 bits per heavy atom. The smallest absolute Gasteiger partial charge is 0.326 e. The third-order valence-electron chi connectivity index (χ3n) is 4.26. The number of amides is 1. The van der Waals surface area contributed by atoms with Crippen LogP contribution in [0.4, 0.5) is 4.39 Å². The number of methoxy groups -OCH3 is 1. The zero-order valence-electron chi connectivity index (χ0n) is 14.9. The third-order valence-corrected chi connectivity index (χ3v) is 5.25. The van der Waals surface area contributed by atoms with Gasteiger partial charge in [-0.05, 0) is 31.0 Å². The van der Waals surface area contributed by atoms with Crippen LogP contribution in [-0.2, 0) is 14.4 Å². The second-order valence-corrected chi connectivity index (χ2v) is 7.48. The second-order valence-electron chi connectivity index (χ2n) is 6.10. The number of Topliss-reactive ketones (excluding diaryl/α,β-unsaturated/α-hetero) is 1. The average Bonchev–Trinajstić information content (AvgIpc) is 3.10. The van der Waals surface area contributed by atoms with Gasteiger partial charge in [0.05, 0.1) is 12.4 Å². The summed E-state index contributed by atoms with van der Waals surface area (Å²) in [4.78, 5) is 49.3. The van der Waals surface area contributed by atoms with Gasteiger partial charge in [0.1, 0.15) is 6.04 Å². The molecule has 2 rings (SSSR count). The van der Waals surface area contributed by atoms with Crippen LogP contribution in [0.15, 0.2) is 18.2 Å². The predicted octanol–water partition coefficient (Wildman–Crippen LogP) is 2.13. The molecule has 1 aromatic rings. The van der Waals surface area contributed by atoms with Gasteiger partial charge in [0, 0.05) is 25.5 Å². The lowest BCUT2D eigenvalue weighted by Crippen LogP contribution is -2.42. The summed E-state index contributed by atoms with van der Waals surface area (Å²) >= 11 is 0.678. The Labute approximate surface area is 159 Å². The normalized spacial score (nSPS) is 17.4. The minimum atomic E-state index is -1.10. The van der Waals surface area contributed by atoms with E-state index in [9.17, 15) is 28.7 Å². The SMILES string of the molecule is COc1ccc(C(=O)C(CC(=O)N2CCCC2C(=O)O)SC(C)=O)cc1F. The van der Waals surface area contributed by atoms with Crippen molar-refractivity contribution in [3.8, 4) is 5.75 Å². The molecule has 1 aliphatic rings. The van der Waals surface area contributed by atoms with Crippen molar-refractivity contribution in [3.05, 3.63) is 29.6 Å². The average molecular weight is 397 g/mol. The van der Waals surface area contributed by atoms with Crippen LogP contribution < -0.4 is 4.74 Å². The highest BCUT2D eigenvalue weighted by Gasteiger charge is 2.36. The lowest BCUT2D eigenvalue weighted by molar-refractivity contribution is -0.148. The van der Waals surface area contributed by atoms with Gasteiger partial charge in [0.2, 0.25) is 5.91 Å². The Morgan fingerprint density at radius 2 is 2.07 bits per heavy atom.